The first-order valence-electron chi connectivity index (χ1n) is 9.74. The van der Waals surface area contributed by atoms with Crippen LogP contribution in [0.1, 0.15) is 46.5 Å². The average molecular weight is 407 g/mol. The van der Waals surface area contributed by atoms with Gasteiger partial charge in [0, 0.05) is 30.9 Å². The lowest BCUT2D eigenvalue weighted by Gasteiger charge is -2.31. The standard InChI is InChI=1S/C19H30N6O2S/c1-19(2,3)28(26,27)22-17-9-5-14(6-10-17)13-20-16-11-7-15(8-12-16)18-21-23-24-25(18)4/h7-8,11-12,14,17,20,22H,5-6,9-10,13H2,1-4H3. The summed E-state index contributed by atoms with van der Waals surface area (Å²) < 4.78 is 28.4. The molecule has 2 N–H and O–H groups in total. The van der Waals surface area contributed by atoms with Gasteiger partial charge in [0.25, 0.3) is 0 Å². The number of anilines is 1. The zero-order chi connectivity index (χ0) is 20.4. The van der Waals surface area contributed by atoms with Crippen LogP contribution in [0.15, 0.2) is 24.3 Å². The van der Waals surface area contributed by atoms with Gasteiger partial charge in [-0.2, -0.15) is 0 Å². The van der Waals surface area contributed by atoms with Crippen LogP contribution in [0.4, 0.5) is 5.69 Å². The van der Waals surface area contributed by atoms with Gasteiger partial charge in [-0.3, -0.25) is 0 Å². The number of tetrazole rings is 1. The van der Waals surface area contributed by atoms with E-state index in [9.17, 15) is 8.42 Å². The summed E-state index contributed by atoms with van der Waals surface area (Å²) in [5, 5.41) is 15.0. The van der Waals surface area contributed by atoms with Gasteiger partial charge in [0.1, 0.15) is 0 Å². The second-order valence-electron chi connectivity index (χ2n) is 8.54. The van der Waals surface area contributed by atoms with Crippen molar-refractivity contribution in [2.45, 2.75) is 57.2 Å². The second-order valence-corrected chi connectivity index (χ2v) is 11.0. The molecule has 0 amide bonds. The highest BCUT2D eigenvalue weighted by Crippen LogP contribution is 2.27. The number of aryl methyl sites for hydroxylation is 1. The molecular formula is C19H30N6O2S. The summed E-state index contributed by atoms with van der Waals surface area (Å²) in [5.41, 5.74) is 2.04. The lowest BCUT2D eigenvalue weighted by molar-refractivity contribution is 0.322. The van der Waals surface area contributed by atoms with Crippen LogP contribution in [0.2, 0.25) is 0 Å². The zero-order valence-corrected chi connectivity index (χ0v) is 17.8. The van der Waals surface area contributed by atoms with E-state index in [1.165, 1.54) is 0 Å². The number of aromatic nitrogens is 4. The lowest BCUT2D eigenvalue weighted by Crippen LogP contribution is -2.46. The summed E-state index contributed by atoms with van der Waals surface area (Å²) >= 11 is 0. The summed E-state index contributed by atoms with van der Waals surface area (Å²) in [4.78, 5) is 0. The molecule has 0 atom stereocenters. The Morgan fingerprint density at radius 2 is 1.75 bits per heavy atom. The van der Waals surface area contributed by atoms with Crippen LogP contribution in [-0.4, -0.2) is 46.0 Å². The first kappa shape index (κ1) is 20.7. The normalized spacial score (nSPS) is 20.9. The van der Waals surface area contributed by atoms with Gasteiger partial charge in [0.15, 0.2) is 5.82 Å². The molecule has 28 heavy (non-hydrogen) atoms. The van der Waals surface area contributed by atoms with Crippen LogP contribution in [0.25, 0.3) is 11.4 Å². The highest BCUT2D eigenvalue weighted by atomic mass is 32.2. The monoisotopic (exact) mass is 406 g/mol. The van der Waals surface area contributed by atoms with Crippen molar-refractivity contribution < 1.29 is 8.42 Å². The number of nitrogens with zero attached hydrogens (tertiary/aromatic N) is 4. The SMILES string of the molecule is Cn1nnnc1-c1ccc(NCC2CCC(NS(=O)(=O)C(C)(C)C)CC2)cc1. The lowest BCUT2D eigenvalue weighted by atomic mass is 9.86. The third-order valence-corrected chi connectivity index (χ3v) is 7.59. The topological polar surface area (TPSA) is 102 Å². The molecule has 1 heterocycles. The van der Waals surface area contributed by atoms with Crippen molar-refractivity contribution in [1.82, 2.24) is 24.9 Å². The quantitative estimate of drug-likeness (QED) is 0.764. The first-order chi connectivity index (χ1) is 13.2. The summed E-state index contributed by atoms with van der Waals surface area (Å²) in [6.07, 6.45) is 3.82. The van der Waals surface area contributed by atoms with Crippen molar-refractivity contribution in [3.8, 4) is 11.4 Å². The second kappa shape index (κ2) is 8.16. The Morgan fingerprint density at radius 3 is 2.29 bits per heavy atom. The number of nitrogens with one attached hydrogen (secondary N) is 2. The van der Waals surface area contributed by atoms with E-state index in [2.05, 4.69) is 25.6 Å². The molecule has 9 heteroatoms. The molecule has 0 bridgehead atoms. The van der Waals surface area contributed by atoms with Gasteiger partial charge in [-0.1, -0.05) is 0 Å². The van der Waals surface area contributed by atoms with E-state index in [-0.39, 0.29) is 6.04 Å². The third-order valence-electron chi connectivity index (χ3n) is 5.33. The van der Waals surface area contributed by atoms with Gasteiger partial charge in [0.2, 0.25) is 10.0 Å². The zero-order valence-electron chi connectivity index (χ0n) is 17.0. The Balaban J connectivity index is 1.46. The number of hydrogen-bond donors (Lipinski definition) is 2. The summed E-state index contributed by atoms with van der Waals surface area (Å²) in [5.74, 6) is 1.29. The Bertz CT molecular complexity index is 878. The van der Waals surface area contributed by atoms with E-state index in [0.717, 1.165) is 49.3 Å². The maximum atomic E-state index is 12.3. The molecule has 0 unspecified atom stereocenters. The van der Waals surface area contributed by atoms with E-state index in [0.29, 0.717) is 5.92 Å². The minimum absolute atomic E-state index is 0.0553. The Hall–Kier alpha value is -2.00. The molecule has 3 rings (SSSR count). The van der Waals surface area contributed by atoms with Crippen LogP contribution < -0.4 is 10.0 Å². The van der Waals surface area contributed by atoms with Gasteiger partial charge >= 0.3 is 0 Å². The van der Waals surface area contributed by atoms with Crippen molar-refractivity contribution in [3.05, 3.63) is 24.3 Å². The minimum Gasteiger partial charge on any atom is -0.385 e. The highest BCUT2D eigenvalue weighted by molar-refractivity contribution is 7.90. The fourth-order valence-corrected chi connectivity index (χ4v) is 4.38. The van der Waals surface area contributed by atoms with Crippen molar-refractivity contribution in [2.24, 2.45) is 13.0 Å². The van der Waals surface area contributed by atoms with Crippen LogP contribution in [0.3, 0.4) is 0 Å². The molecule has 1 fully saturated rings. The van der Waals surface area contributed by atoms with Gasteiger partial charge in [-0.05, 0) is 87.1 Å². The summed E-state index contributed by atoms with van der Waals surface area (Å²) in [7, 11) is -1.46. The van der Waals surface area contributed by atoms with E-state index < -0.39 is 14.8 Å². The van der Waals surface area contributed by atoms with Crippen LogP contribution >= 0.6 is 0 Å². The van der Waals surface area contributed by atoms with Crippen LogP contribution in [-0.2, 0) is 17.1 Å². The average Bonchev–Trinajstić information content (AvgIpc) is 3.06. The summed E-state index contributed by atoms with van der Waals surface area (Å²) in [6.45, 7) is 6.09. The fraction of sp³-hybridized carbons (Fsp3) is 0.632. The molecule has 0 spiro atoms. The predicted molar refractivity (Wildman–Crippen MR) is 110 cm³/mol. The maximum absolute atomic E-state index is 12.3. The number of rotatable bonds is 6. The molecule has 0 radical (unpaired) electrons. The number of sulfonamides is 1. The first-order valence-corrected chi connectivity index (χ1v) is 11.2. The van der Waals surface area contributed by atoms with Gasteiger partial charge in [-0.15, -0.1) is 5.10 Å². The predicted octanol–water partition coefficient (Wildman–Crippen LogP) is 2.57. The molecule has 1 aliphatic rings. The van der Waals surface area contributed by atoms with E-state index in [1.54, 1.807) is 25.5 Å². The molecule has 2 aromatic rings. The van der Waals surface area contributed by atoms with Crippen LogP contribution in [0, 0.1) is 5.92 Å². The van der Waals surface area contributed by atoms with Gasteiger partial charge in [-0.25, -0.2) is 17.8 Å². The molecule has 1 aliphatic carbocycles. The third kappa shape index (κ3) is 4.88. The smallest absolute Gasteiger partial charge is 0.216 e. The maximum Gasteiger partial charge on any atom is 0.216 e. The Labute approximate surface area is 167 Å². The van der Waals surface area contributed by atoms with Crippen molar-refractivity contribution in [1.29, 1.82) is 0 Å². The van der Waals surface area contributed by atoms with Gasteiger partial charge < -0.3 is 5.32 Å². The Kier molecular flexibility index (Phi) is 6.04. The minimum atomic E-state index is -3.28. The van der Waals surface area contributed by atoms with Crippen molar-refractivity contribution in [2.75, 3.05) is 11.9 Å². The van der Waals surface area contributed by atoms with E-state index in [4.69, 9.17) is 0 Å². The van der Waals surface area contributed by atoms with E-state index in [1.807, 2.05) is 31.3 Å². The summed E-state index contributed by atoms with van der Waals surface area (Å²) in [6, 6.07) is 8.14. The van der Waals surface area contributed by atoms with Crippen molar-refractivity contribution >= 4 is 15.7 Å². The largest absolute Gasteiger partial charge is 0.385 e. The molecule has 0 saturated heterocycles. The molecule has 0 aliphatic heterocycles. The molecule has 8 nitrogen and oxygen atoms in total. The van der Waals surface area contributed by atoms with Gasteiger partial charge in [0.05, 0.1) is 4.75 Å². The molecule has 1 aromatic heterocycles. The molecule has 1 saturated carbocycles. The number of benzene rings is 1. The molecular weight excluding hydrogens is 376 g/mol. The van der Waals surface area contributed by atoms with Crippen LogP contribution in [0.5, 0.6) is 0 Å². The fourth-order valence-electron chi connectivity index (χ4n) is 3.35. The van der Waals surface area contributed by atoms with E-state index >= 15 is 0 Å². The number of hydrogen-bond acceptors (Lipinski definition) is 6. The highest BCUT2D eigenvalue weighted by Gasteiger charge is 2.32. The Morgan fingerprint density at radius 1 is 1.11 bits per heavy atom. The molecule has 154 valence electrons. The van der Waals surface area contributed by atoms with Crippen molar-refractivity contribution in [3.63, 3.8) is 0 Å². The molecule has 1 aromatic carbocycles.